The first-order chi connectivity index (χ1) is 8.69. The van der Waals surface area contributed by atoms with Crippen LogP contribution in [0.5, 0.6) is 0 Å². The van der Waals surface area contributed by atoms with E-state index < -0.39 is 0 Å². The lowest BCUT2D eigenvalue weighted by Gasteiger charge is -2.04. The van der Waals surface area contributed by atoms with Gasteiger partial charge in [-0.15, -0.1) is 0 Å². The molecular formula is C10H9Cl2N5S. The molecule has 1 N–H and O–H groups in total. The summed E-state index contributed by atoms with van der Waals surface area (Å²) >= 11 is 13.1. The van der Waals surface area contributed by atoms with Crippen LogP contribution in [0, 0.1) is 0 Å². The summed E-state index contributed by atoms with van der Waals surface area (Å²) < 4.78 is 0. The topological polar surface area (TPSA) is 63.6 Å². The van der Waals surface area contributed by atoms with Gasteiger partial charge in [0.15, 0.2) is 5.16 Å². The number of nitrogens with zero attached hydrogens (tertiary/aromatic N) is 4. The second-order valence-electron chi connectivity index (χ2n) is 3.13. The molecule has 2 aromatic rings. The number of halogens is 2. The van der Waals surface area contributed by atoms with E-state index in [1.54, 1.807) is 18.3 Å². The Balaban J connectivity index is 2.26. The summed E-state index contributed by atoms with van der Waals surface area (Å²) in [6.45, 7) is 2.65. The third-order valence-electron chi connectivity index (χ3n) is 1.84. The van der Waals surface area contributed by atoms with Gasteiger partial charge in [-0.05, 0) is 42.4 Å². The number of anilines is 1. The van der Waals surface area contributed by atoms with E-state index in [-0.39, 0.29) is 5.28 Å². The summed E-state index contributed by atoms with van der Waals surface area (Å²) in [5, 5.41) is 4.73. The molecule has 0 atom stereocenters. The highest BCUT2D eigenvalue weighted by atomic mass is 35.5. The molecule has 0 fully saturated rings. The average Bonchev–Trinajstić information content (AvgIpc) is 2.32. The zero-order chi connectivity index (χ0) is 13.0. The minimum Gasteiger partial charge on any atom is -0.354 e. The maximum Gasteiger partial charge on any atom is 0.228 e. The third-order valence-corrected chi connectivity index (χ3v) is 3.31. The van der Waals surface area contributed by atoms with Gasteiger partial charge in [-0.2, -0.15) is 15.0 Å². The van der Waals surface area contributed by atoms with Gasteiger partial charge in [-0.1, -0.05) is 11.6 Å². The molecule has 0 radical (unpaired) electrons. The van der Waals surface area contributed by atoms with Crippen LogP contribution in [0.2, 0.25) is 10.3 Å². The quantitative estimate of drug-likeness (QED) is 0.936. The Kier molecular flexibility index (Phi) is 4.57. The van der Waals surface area contributed by atoms with Crippen molar-refractivity contribution in [1.82, 2.24) is 19.9 Å². The molecule has 2 heterocycles. The summed E-state index contributed by atoms with van der Waals surface area (Å²) in [6.07, 6.45) is 1.65. The van der Waals surface area contributed by atoms with Crippen molar-refractivity contribution in [2.24, 2.45) is 0 Å². The van der Waals surface area contributed by atoms with E-state index >= 15 is 0 Å². The Morgan fingerprint density at radius 1 is 1.28 bits per heavy atom. The third kappa shape index (κ3) is 3.44. The SMILES string of the molecule is CCNc1nc(Cl)nc(Sc2ncccc2Cl)n1. The molecule has 2 aromatic heterocycles. The zero-order valence-electron chi connectivity index (χ0n) is 9.39. The predicted molar refractivity (Wildman–Crippen MR) is 72.4 cm³/mol. The second-order valence-corrected chi connectivity index (χ2v) is 4.83. The highest BCUT2D eigenvalue weighted by Crippen LogP contribution is 2.29. The van der Waals surface area contributed by atoms with Crippen molar-refractivity contribution < 1.29 is 0 Å². The van der Waals surface area contributed by atoms with Crippen LogP contribution in [-0.2, 0) is 0 Å². The molecule has 94 valence electrons. The average molecular weight is 302 g/mol. The normalized spacial score (nSPS) is 10.4. The van der Waals surface area contributed by atoms with Gasteiger partial charge in [0.1, 0.15) is 5.03 Å². The molecule has 0 amide bonds. The number of hydrogen-bond acceptors (Lipinski definition) is 6. The molecule has 0 saturated heterocycles. The number of hydrogen-bond donors (Lipinski definition) is 1. The van der Waals surface area contributed by atoms with Crippen molar-refractivity contribution in [1.29, 1.82) is 0 Å². The van der Waals surface area contributed by atoms with E-state index in [1.165, 1.54) is 11.8 Å². The maximum atomic E-state index is 6.01. The molecule has 8 heteroatoms. The van der Waals surface area contributed by atoms with Crippen LogP contribution in [0.25, 0.3) is 0 Å². The lowest BCUT2D eigenvalue weighted by Crippen LogP contribution is -2.04. The van der Waals surface area contributed by atoms with Gasteiger partial charge in [0.05, 0.1) is 5.02 Å². The smallest absolute Gasteiger partial charge is 0.228 e. The van der Waals surface area contributed by atoms with Crippen molar-refractivity contribution in [3.8, 4) is 0 Å². The zero-order valence-corrected chi connectivity index (χ0v) is 11.7. The van der Waals surface area contributed by atoms with Crippen LogP contribution in [0.3, 0.4) is 0 Å². The lowest BCUT2D eigenvalue weighted by molar-refractivity contribution is 0.896. The van der Waals surface area contributed by atoms with Gasteiger partial charge in [0.2, 0.25) is 11.2 Å². The molecule has 0 aliphatic heterocycles. The minimum absolute atomic E-state index is 0.135. The van der Waals surface area contributed by atoms with Gasteiger partial charge < -0.3 is 5.32 Å². The van der Waals surface area contributed by atoms with Crippen LogP contribution in [0.4, 0.5) is 5.95 Å². The van der Waals surface area contributed by atoms with Crippen molar-refractivity contribution in [2.45, 2.75) is 17.1 Å². The molecule has 18 heavy (non-hydrogen) atoms. The van der Waals surface area contributed by atoms with Crippen LogP contribution in [0.15, 0.2) is 28.5 Å². The minimum atomic E-state index is 0.135. The Morgan fingerprint density at radius 2 is 2.11 bits per heavy atom. The first-order valence-corrected chi connectivity index (χ1v) is 6.70. The largest absolute Gasteiger partial charge is 0.354 e. The van der Waals surface area contributed by atoms with Gasteiger partial charge in [0, 0.05) is 12.7 Å². The molecule has 0 unspecified atom stereocenters. The van der Waals surface area contributed by atoms with Crippen LogP contribution >= 0.6 is 35.0 Å². The molecule has 5 nitrogen and oxygen atoms in total. The highest BCUT2D eigenvalue weighted by Gasteiger charge is 2.09. The van der Waals surface area contributed by atoms with Gasteiger partial charge >= 0.3 is 0 Å². The fraction of sp³-hybridized carbons (Fsp3) is 0.200. The summed E-state index contributed by atoms with van der Waals surface area (Å²) in [4.78, 5) is 16.3. The van der Waals surface area contributed by atoms with Crippen molar-refractivity contribution >= 4 is 40.9 Å². The van der Waals surface area contributed by atoms with E-state index in [9.17, 15) is 0 Å². The van der Waals surface area contributed by atoms with Gasteiger partial charge in [0.25, 0.3) is 0 Å². The predicted octanol–water partition coefficient (Wildman–Crippen LogP) is 3.16. The number of rotatable bonds is 4. The van der Waals surface area contributed by atoms with Crippen molar-refractivity contribution in [3.05, 3.63) is 28.6 Å². The molecule has 0 aliphatic carbocycles. The number of nitrogens with one attached hydrogen (secondary N) is 1. The maximum absolute atomic E-state index is 6.01. The molecule has 0 spiro atoms. The van der Waals surface area contributed by atoms with Crippen LogP contribution < -0.4 is 5.32 Å². The summed E-state index contributed by atoms with van der Waals surface area (Å²) in [5.41, 5.74) is 0. The van der Waals surface area contributed by atoms with E-state index in [0.29, 0.717) is 27.7 Å². The van der Waals surface area contributed by atoms with E-state index in [0.717, 1.165) is 0 Å². The molecule has 0 saturated carbocycles. The molecule has 0 aromatic carbocycles. The Labute approximate surface area is 118 Å². The molecule has 0 bridgehead atoms. The molecule has 2 rings (SSSR count). The lowest BCUT2D eigenvalue weighted by atomic mass is 10.5. The highest BCUT2D eigenvalue weighted by molar-refractivity contribution is 7.99. The summed E-state index contributed by atoms with van der Waals surface area (Å²) in [5.74, 6) is 0.437. The Bertz CT molecular complexity index is 552. The summed E-state index contributed by atoms with van der Waals surface area (Å²) in [7, 11) is 0. The van der Waals surface area contributed by atoms with Crippen molar-refractivity contribution in [3.63, 3.8) is 0 Å². The number of aromatic nitrogens is 4. The summed E-state index contributed by atoms with van der Waals surface area (Å²) in [6, 6.07) is 3.52. The van der Waals surface area contributed by atoms with E-state index in [1.807, 2.05) is 6.92 Å². The van der Waals surface area contributed by atoms with Gasteiger partial charge in [-0.25, -0.2) is 4.98 Å². The first kappa shape index (κ1) is 13.3. The van der Waals surface area contributed by atoms with E-state index in [2.05, 4.69) is 25.3 Å². The van der Waals surface area contributed by atoms with E-state index in [4.69, 9.17) is 23.2 Å². The van der Waals surface area contributed by atoms with Crippen LogP contribution in [0.1, 0.15) is 6.92 Å². The fourth-order valence-corrected chi connectivity index (χ4v) is 2.31. The molecule has 0 aliphatic rings. The Hall–Kier alpha value is -1.11. The fourth-order valence-electron chi connectivity index (χ4n) is 1.15. The van der Waals surface area contributed by atoms with Crippen molar-refractivity contribution in [2.75, 3.05) is 11.9 Å². The Morgan fingerprint density at radius 3 is 2.83 bits per heavy atom. The number of pyridine rings is 1. The molecular weight excluding hydrogens is 293 g/mol. The van der Waals surface area contributed by atoms with Gasteiger partial charge in [-0.3, -0.25) is 0 Å². The second kappa shape index (κ2) is 6.17. The van der Waals surface area contributed by atoms with Crippen LogP contribution in [-0.4, -0.2) is 26.5 Å². The first-order valence-electron chi connectivity index (χ1n) is 5.13. The standard InChI is InChI=1S/C10H9Cl2N5S/c1-2-13-9-15-8(12)16-10(17-9)18-7-6(11)4-3-5-14-7/h3-5H,2H2,1H3,(H,13,15,16,17). The monoisotopic (exact) mass is 301 g/mol.